The van der Waals surface area contributed by atoms with Crippen LogP contribution in [-0.2, 0) is 14.2 Å². The molecule has 220 valence electrons. The lowest BCUT2D eigenvalue weighted by Gasteiger charge is -2.26. The van der Waals surface area contributed by atoms with Crippen molar-refractivity contribution >= 4 is 12.3 Å². The molecule has 0 spiro atoms. The highest BCUT2D eigenvalue weighted by molar-refractivity contribution is 5.77. The summed E-state index contributed by atoms with van der Waals surface area (Å²) in [6, 6.07) is 0. The average Bonchev–Trinajstić information content (AvgIpc) is 2.80. The maximum atomic E-state index is 12.1. The van der Waals surface area contributed by atoms with E-state index < -0.39 is 23.5 Å². The molecule has 0 amide bonds. The molecule has 0 heterocycles. The van der Waals surface area contributed by atoms with Gasteiger partial charge in [-0.3, -0.25) is 0 Å². The second-order valence-corrected chi connectivity index (χ2v) is 12.2. The van der Waals surface area contributed by atoms with E-state index in [2.05, 4.69) is 13.8 Å². The van der Waals surface area contributed by atoms with E-state index in [9.17, 15) is 9.59 Å². The predicted molar refractivity (Wildman–Crippen MR) is 155 cm³/mol. The summed E-state index contributed by atoms with van der Waals surface area (Å²) < 4.78 is 15.6. The van der Waals surface area contributed by atoms with Gasteiger partial charge in [0.1, 0.15) is 11.2 Å². The number of hydrogen-bond donors (Lipinski definition) is 0. The van der Waals surface area contributed by atoms with Crippen LogP contribution in [0.15, 0.2) is 0 Å². The Labute approximate surface area is 230 Å². The topological polar surface area (TPSA) is 61.8 Å². The van der Waals surface area contributed by atoms with Gasteiger partial charge in [0, 0.05) is 0 Å². The fourth-order valence-electron chi connectivity index (χ4n) is 4.74. The highest BCUT2D eigenvalue weighted by Crippen LogP contribution is 2.23. The summed E-state index contributed by atoms with van der Waals surface area (Å²) in [5.41, 5.74) is -1.33. The maximum absolute atomic E-state index is 12.1. The smallest absolute Gasteiger partial charge is 0.428 e. The van der Waals surface area contributed by atoms with Gasteiger partial charge in [0.25, 0.3) is 0 Å². The molecule has 0 aromatic heterocycles. The lowest BCUT2D eigenvalue weighted by atomic mass is 9.99. The Morgan fingerprint density at radius 3 is 0.946 bits per heavy atom. The minimum Gasteiger partial charge on any atom is -0.428 e. The average molecular weight is 527 g/mol. The van der Waals surface area contributed by atoms with E-state index in [1.807, 2.05) is 27.7 Å². The molecule has 0 atom stereocenters. The summed E-state index contributed by atoms with van der Waals surface area (Å²) in [7, 11) is 0. The highest BCUT2D eigenvalue weighted by Gasteiger charge is 2.29. The lowest BCUT2D eigenvalue weighted by Crippen LogP contribution is -2.33. The van der Waals surface area contributed by atoms with Gasteiger partial charge in [-0.05, 0) is 53.4 Å². The van der Waals surface area contributed by atoms with Gasteiger partial charge < -0.3 is 14.2 Å². The van der Waals surface area contributed by atoms with Gasteiger partial charge >= 0.3 is 12.3 Å². The molecule has 0 unspecified atom stereocenters. The van der Waals surface area contributed by atoms with Gasteiger partial charge in [-0.2, -0.15) is 0 Å². The zero-order valence-electron chi connectivity index (χ0n) is 25.6. The number of ether oxygens (including phenoxy) is 3. The predicted octanol–water partition coefficient (Wildman–Crippen LogP) is 11.5. The monoisotopic (exact) mass is 526 g/mol. The largest absolute Gasteiger partial charge is 0.519 e. The number of hydrogen-bond acceptors (Lipinski definition) is 5. The SMILES string of the molecule is CCCCCCCCCCCCC(C)(C)OC(=O)OC(=O)OC(C)(C)CCCCCCCCCCCC. The Bertz CT molecular complexity index is 507. The van der Waals surface area contributed by atoms with Crippen LogP contribution in [0.1, 0.15) is 183 Å². The Kier molecular flexibility index (Phi) is 21.9. The Morgan fingerprint density at radius 1 is 0.432 bits per heavy atom. The third-order valence-electron chi connectivity index (χ3n) is 7.15. The highest BCUT2D eigenvalue weighted by atomic mass is 16.8. The molecule has 0 aromatic carbocycles. The Morgan fingerprint density at radius 2 is 0.676 bits per heavy atom. The quantitative estimate of drug-likeness (QED) is 0.0711. The molecule has 5 nitrogen and oxygen atoms in total. The molecule has 0 aliphatic rings. The second kappa shape index (κ2) is 22.7. The van der Waals surface area contributed by atoms with Gasteiger partial charge in [0.2, 0.25) is 0 Å². The first kappa shape index (κ1) is 35.7. The van der Waals surface area contributed by atoms with Crippen molar-refractivity contribution in [3.05, 3.63) is 0 Å². The van der Waals surface area contributed by atoms with Crippen LogP contribution in [0.2, 0.25) is 0 Å². The minimum atomic E-state index is -0.975. The minimum absolute atomic E-state index is 0.664. The van der Waals surface area contributed by atoms with E-state index in [0.717, 1.165) is 38.5 Å². The molecule has 0 bridgehead atoms. The summed E-state index contributed by atoms with van der Waals surface area (Å²) in [6.45, 7) is 11.9. The first-order valence-corrected chi connectivity index (χ1v) is 15.8. The number of carbonyl (C=O) groups excluding carboxylic acids is 2. The molecule has 37 heavy (non-hydrogen) atoms. The van der Waals surface area contributed by atoms with Crippen LogP contribution in [-0.4, -0.2) is 23.5 Å². The van der Waals surface area contributed by atoms with Crippen LogP contribution in [0.25, 0.3) is 0 Å². The van der Waals surface area contributed by atoms with Crippen LogP contribution in [0, 0.1) is 0 Å². The van der Waals surface area contributed by atoms with Crippen molar-refractivity contribution in [1.29, 1.82) is 0 Å². The molecule has 0 saturated carbocycles. The fraction of sp³-hybridized carbons (Fsp3) is 0.938. The fourth-order valence-corrected chi connectivity index (χ4v) is 4.74. The summed E-state index contributed by atoms with van der Waals surface area (Å²) in [5.74, 6) is 0. The van der Waals surface area contributed by atoms with Crippen LogP contribution in [0.3, 0.4) is 0 Å². The standard InChI is InChI=1S/C32H62O5/c1-7-9-11-13-15-17-19-21-23-25-27-31(3,4)36-29(33)35-30(34)37-32(5,6)28-26-24-22-20-18-16-14-12-10-8-2/h7-28H2,1-6H3. The molecule has 0 aromatic rings. The summed E-state index contributed by atoms with van der Waals surface area (Å²) in [6.07, 6.45) is 24.8. The number of carbonyl (C=O) groups is 2. The van der Waals surface area contributed by atoms with Crippen molar-refractivity contribution in [1.82, 2.24) is 0 Å². The molecule has 0 fully saturated rings. The van der Waals surface area contributed by atoms with E-state index in [1.54, 1.807) is 0 Å². The van der Waals surface area contributed by atoms with Crippen LogP contribution < -0.4 is 0 Å². The van der Waals surface area contributed by atoms with E-state index in [0.29, 0.717) is 0 Å². The van der Waals surface area contributed by atoms with Gasteiger partial charge in [0.15, 0.2) is 0 Å². The molecule has 0 saturated heterocycles. The zero-order valence-corrected chi connectivity index (χ0v) is 25.6. The third kappa shape index (κ3) is 24.8. The van der Waals surface area contributed by atoms with E-state index in [4.69, 9.17) is 14.2 Å². The van der Waals surface area contributed by atoms with Gasteiger partial charge in [-0.1, -0.05) is 129 Å². The Hall–Kier alpha value is -1.26. The van der Waals surface area contributed by atoms with Crippen molar-refractivity contribution in [3.63, 3.8) is 0 Å². The van der Waals surface area contributed by atoms with Crippen molar-refractivity contribution in [2.45, 2.75) is 194 Å². The van der Waals surface area contributed by atoms with Crippen molar-refractivity contribution in [3.8, 4) is 0 Å². The summed E-state index contributed by atoms with van der Waals surface area (Å²) in [4.78, 5) is 24.3. The molecule has 0 aliphatic heterocycles. The summed E-state index contributed by atoms with van der Waals surface area (Å²) in [5, 5.41) is 0. The molecule has 5 heteroatoms. The van der Waals surface area contributed by atoms with Crippen molar-refractivity contribution in [2.24, 2.45) is 0 Å². The van der Waals surface area contributed by atoms with Crippen molar-refractivity contribution < 1.29 is 23.8 Å². The van der Waals surface area contributed by atoms with Gasteiger partial charge in [-0.25, -0.2) is 9.59 Å². The molecular weight excluding hydrogens is 464 g/mol. The molecule has 0 N–H and O–H groups in total. The normalized spacial score (nSPS) is 11.9. The molecule has 0 aliphatic carbocycles. The lowest BCUT2D eigenvalue weighted by molar-refractivity contribution is -0.0432. The maximum Gasteiger partial charge on any atom is 0.519 e. The van der Waals surface area contributed by atoms with Crippen LogP contribution >= 0.6 is 0 Å². The zero-order chi connectivity index (χ0) is 27.8. The molecule has 0 rings (SSSR count). The molecular formula is C32H62O5. The Balaban J connectivity index is 3.89. The van der Waals surface area contributed by atoms with E-state index in [1.165, 1.54) is 103 Å². The number of rotatable bonds is 24. The first-order chi connectivity index (χ1) is 17.6. The van der Waals surface area contributed by atoms with Crippen LogP contribution in [0.4, 0.5) is 9.59 Å². The van der Waals surface area contributed by atoms with E-state index in [-0.39, 0.29) is 0 Å². The van der Waals surface area contributed by atoms with Crippen molar-refractivity contribution in [2.75, 3.05) is 0 Å². The van der Waals surface area contributed by atoms with Crippen LogP contribution in [0.5, 0.6) is 0 Å². The third-order valence-corrected chi connectivity index (χ3v) is 7.15. The van der Waals surface area contributed by atoms with Gasteiger partial charge in [0.05, 0.1) is 0 Å². The van der Waals surface area contributed by atoms with Gasteiger partial charge in [-0.15, -0.1) is 0 Å². The number of unbranched alkanes of at least 4 members (excludes halogenated alkanes) is 18. The van der Waals surface area contributed by atoms with E-state index >= 15 is 0 Å². The summed E-state index contributed by atoms with van der Waals surface area (Å²) >= 11 is 0. The first-order valence-electron chi connectivity index (χ1n) is 15.8. The second-order valence-electron chi connectivity index (χ2n) is 12.2. The molecule has 0 radical (unpaired) electrons.